The highest BCUT2D eigenvalue weighted by molar-refractivity contribution is 5.53. The zero-order valence-electron chi connectivity index (χ0n) is 15.4. The fraction of sp³-hybridized carbons (Fsp3) is 0.421. The lowest BCUT2D eigenvalue weighted by molar-refractivity contribution is 0.636. The molecule has 8 heteroatoms. The van der Waals surface area contributed by atoms with Gasteiger partial charge in [0.05, 0.1) is 0 Å². The van der Waals surface area contributed by atoms with Crippen molar-refractivity contribution < 1.29 is 0 Å². The highest BCUT2D eigenvalue weighted by Gasteiger charge is 2.25. The van der Waals surface area contributed by atoms with E-state index < -0.39 is 0 Å². The molecule has 8 nitrogen and oxygen atoms in total. The monoisotopic (exact) mass is 362 g/mol. The van der Waals surface area contributed by atoms with Crippen LogP contribution < -0.4 is 9.80 Å². The Morgan fingerprint density at radius 2 is 1.74 bits per heavy atom. The second kappa shape index (κ2) is 6.61. The molecule has 0 unspecified atom stereocenters. The summed E-state index contributed by atoms with van der Waals surface area (Å²) in [6.45, 7) is 5.69. The normalized spacial score (nSPS) is 16.6. The summed E-state index contributed by atoms with van der Waals surface area (Å²) in [5.74, 6) is 3.76. The van der Waals surface area contributed by atoms with Gasteiger partial charge in [0, 0.05) is 55.9 Å². The zero-order valence-corrected chi connectivity index (χ0v) is 15.4. The smallest absolute Gasteiger partial charge is 0.158 e. The summed E-state index contributed by atoms with van der Waals surface area (Å²) in [4.78, 5) is 22.9. The van der Waals surface area contributed by atoms with Crippen molar-refractivity contribution >= 4 is 11.6 Å². The van der Waals surface area contributed by atoms with Gasteiger partial charge in [-0.05, 0) is 32.3 Å². The second-order valence-electron chi connectivity index (χ2n) is 7.03. The standard InChI is InChI=1S/C19H22N8/c1-14-23-16-5-2-4-15(16)19(24-14)26-10-8-25(9-11-26)17-12-18(21-13-20-17)27-7-3-6-22-27/h3,6-7,12-13H,2,4-5,8-11H2,1H3. The van der Waals surface area contributed by atoms with Crippen LogP contribution in [-0.2, 0) is 12.8 Å². The van der Waals surface area contributed by atoms with Crippen molar-refractivity contribution in [2.45, 2.75) is 26.2 Å². The molecule has 2 aliphatic rings. The minimum Gasteiger partial charge on any atom is -0.353 e. The predicted octanol–water partition coefficient (Wildman–Crippen LogP) is 1.58. The van der Waals surface area contributed by atoms with Crippen molar-refractivity contribution in [1.82, 2.24) is 29.7 Å². The first kappa shape index (κ1) is 16.2. The molecule has 5 rings (SSSR count). The van der Waals surface area contributed by atoms with Crippen molar-refractivity contribution in [3.05, 3.63) is 47.9 Å². The molecule has 0 aromatic carbocycles. The molecule has 0 saturated carbocycles. The lowest BCUT2D eigenvalue weighted by Gasteiger charge is -2.36. The third-order valence-electron chi connectivity index (χ3n) is 5.30. The van der Waals surface area contributed by atoms with Crippen LogP contribution in [-0.4, -0.2) is 55.9 Å². The molecule has 138 valence electrons. The van der Waals surface area contributed by atoms with Crippen LogP contribution >= 0.6 is 0 Å². The third-order valence-corrected chi connectivity index (χ3v) is 5.30. The van der Waals surface area contributed by atoms with E-state index in [-0.39, 0.29) is 0 Å². The average Bonchev–Trinajstić information content (AvgIpc) is 3.39. The summed E-state index contributed by atoms with van der Waals surface area (Å²) in [6, 6.07) is 3.89. The molecule has 0 bridgehead atoms. The summed E-state index contributed by atoms with van der Waals surface area (Å²) in [5, 5.41) is 4.25. The first-order valence-electron chi connectivity index (χ1n) is 9.46. The topological polar surface area (TPSA) is 75.9 Å². The van der Waals surface area contributed by atoms with Gasteiger partial charge in [-0.1, -0.05) is 0 Å². The average molecular weight is 362 g/mol. The number of anilines is 2. The van der Waals surface area contributed by atoms with Gasteiger partial charge in [-0.15, -0.1) is 0 Å². The molecule has 1 fully saturated rings. The van der Waals surface area contributed by atoms with Crippen molar-refractivity contribution in [3.63, 3.8) is 0 Å². The Bertz CT molecular complexity index is 944. The summed E-state index contributed by atoms with van der Waals surface area (Å²) >= 11 is 0. The van der Waals surface area contributed by atoms with Gasteiger partial charge in [0.1, 0.15) is 23.8 Å². The van der Waals surface area contributed by atoms with E-state index in [0.717, 1.165) is 62.3 Å². The van der Waals surface area contributed by atoms with Crippen LogP contribution in [0.25, 0.3) is 5.82 Å². The lowest BCUT2D eigenvalue weighted by Crippen LogP contribution is -2.47. The zero-order chi connectivity index (χ0) is 18.2. The van der Waals surface area contributed by atoms with Crippen LogP contribution in [0.5, 0.6) is 0 Å². The molecule has 0 spiro atoms. The minimum absolute atomic E-state index is 0.789. The van der Waals surface area contributed by atoms with Crippen molar-refractivity contribution in [2.24, 2.45) is 0 Å². The van der Waals surface area contributed by atoms with Gasteiger partial charge in [-0.2, -0.15) is 5.10 Å². The fourth-order valence-electron chi connectivity index (χ4n) is 3.98. The molecule has 1 aliphatic carbocycles. The molecule has 1 aliphatic heterocycles. The molecule has 3 aromatic heterocycles. The Morgan fingerprint density at radius 1 is 0.926 bits per heavy atom. The van der Waals surface area contributed by atoms with Crippen LogP contribution in [0.1, 0.15) is 23.5 Å². The molecule has 27 heavy (non-hydrogen) atoms. The van der Waals surface area contributed by atoms with E-state index >= 15 is 0 Å². The lowest BCUT2D eigenvalue weighted by atomic mass is 10.2. The summed E-state index contributed by atoms with van der Waals surface area (Å²) in [5.41, 5.74) is 2.61. The summed E-state index contributed by atoms with van der Waals surface area (Å²) in [6.07, 6.45) is 8.63. The van der Waals surface area contributed by atoms with E-state index in [4.69, 9.17) is 4.98 Å². The Morgan fingerprint density at radius 3 is 2.56 bits per heavy atom. The van der Waals surface area contributed by atoms with Crippen LogP contribution in [0, 0.1) is 6.92 Å². The molecule has 1 saturated heterocycles. The highest BCUT2D eigenvalue weighted by atomic mass is 15.3. The first-order valence-corrected chi connectivity index (χ1v) is 9.46. The Labute approximate surface area is 157 Å². The number of rotatable bonds is 3. The Kier molecular flexibility index (Phi) is 3.95. The number of aromatic nitrogens is 6. The van der Waals surface area contributed by atoms with Gasteiger partial charge >= 0.3 is 0 Å². The van der Waals surface area contributed by atoms with Crippen LogP contribution in [0.2, 0.25) is 0 Å². The predicted molar refractivity (Wildman–Crippen MR) is 102 cm³/mol. The number of nitrogens with zero attached hydrogens (tertiary/aromatic N) is 8. The maximum atomic E-state index is 4.77. The number of fused-ring (bicyclic) bond motifs is 1. The van der Waals surface area contributed by atoms with Crippen LogP contribution in [0.3, 0.4) is 0 Å². The van der Waals surface area contributed by atoms with E-state index in [1.54, 1.807) is 17.2 Å². The molecule has 3 aromatic rings. The third kappa shape index (κ3) is 3.01. The van der Waals surface area contributed by atoms with E-state index in [2.05, 4.69) is 29.9 Å². The minimum atomic E-state index is 0.789. The fourth-order valence-corrected chi connectivity index (χ4v) is 3.98. The molecule has 0 radical (unpaired) electrons. The largest absolute Gasteiger partial charge is 0.353 e. The molecular formula is C19H22N8. The Hall–Kier alpha value is -3.03. The van der Waals surface area contributed by atoms with E-state index in [0.29, 0.717) is 0 Å². The molecular weight excluding hydrogens is 340 g/mol. The van der Waals surface area contributed by atoms with Crippen molar-refractivity contribution in [3.8, 4) is 5.82 Å². The number of hydrogen-bond acceptors (Lipinski definition) is 7. The van der Waals surface area contributed by atoms with Gasteiger partial charge in [-0.25, -0.2) is 24.6 Å². The van der Waals surface area contributed by atoms with E-state index in [1.807, 2.05) is 25.3 Å². The quantitative estimate of drug-likeness (QED) is 0.700. The molecule has 0 amide bonds. The van der Waals surface area contributed by atoms with Gasteiger partial charge in [0.15, 0.2) is 5.82 Å². The SMILES string of the molecule is Cc1nc2c(c(N3CCN(c4cc(-n5cccn5)ncn4)CC3)n1)CCC2. The highest BCUT2D eigenvalue weighted by Crippen LogP contribution is 2.29. The van der Waals surface area contributed by atoms with Gasteiger partial charge in [0.2, 0.25) is 0 Å². The Balaban J connectivity index is 1.34. The molecule has 4 heterocycles. The van der Waals surface area contributed by atoms with Crippen molar-refractivity contribution in [1.29, 1.82) is 0 Å². The maximum absolute atomic E-state index is 4.77. The van der Waals surface area contributed by atoms with Crippen LogP contribution in [0.15, 0.2) is 30.9 Å². The van der Waals surface area contributed by atoms with Crippen LogP contribution in [0.4, 0.5) is 11.6 Å². The second-order valence-corrected chi connectivity index (χ2v) is 7.03. The van der Waals surface area contributed by atoms with Gasteiger partial charge in [-0.3, -0.25) is 0 Å². The summed E-state index contributed by atoms with van der Waals surface area (Å²) in [7, 11) is 0. The number of aryl methyl sites for hydroxylation is 2. The molecule has 0 atom stereocenters. The number of hydrogen-bond donors (Lipinski definition) is 0. The molecule has 0 N–H and O–H groups in total. The van der Waals surface area contributed by atoms with E-state index in [1.165, 1.54) is 17.7 Å². The maximum Gasteiger partial charge on any atom is 0.158 e. The number of piperazine rings is 1. The summed E-state index contributed by atoms with van der Waals surface area (Å²) < 4.78 is 1.76. The van der Waals surface area contributed by atoms with Gasteiger partial charge in [0.25, 0.3) is 0 Å². The first-order chi connectivity index (χ1) is 13.3. The van der Waals surface area contributed by atoms with Crippen molar-refractivity contribution in [2.75, 3.05) is 36.0 Å². The van der Waals surface area contributed by atoms with Gasteiger partial charge < -0.3 is 9.80 Å². The van der Waals surface area contributed by atoms with E-state index in [9.17, 15) is 0 Å².